The molecule has 2 aliphatic heterocycles. The van der Waals surface area contributed by atoms with E-state index in [1.165, 1.54) is 0 Å². The Morgan fingerprint density at radius 3 is 2.00 bits per heavy atom. The standard InChI is InChI=1S/C22H24N4O5/c1-13(2)18(26-19(27)15-6-4-5-7-16(15)20(26)28)22(30)25-10-8-24(9-11-25)21(29)17-12-14(3)23-31-17/h4-7,12-13,18H,8-11H2,1-3H3. The number of hydrogen-bond donors (Lipinski definition) is 0. The number of carbonyl (C=O) groups excluding carboxylic acids is 4. The summed E-state index contributed by atoms with van der Waals surface area (Å²) in [6.45, 7) is 6.65. The van der Waals surface area contributed by atoms with Crippen LogP contribution in [-0.2, 0) is 4.79 Å². The van der Waals surface area contributed by atoms with Crippen molar-refractivity contribution in [1.82, 2.24) is 19.9 Å². The van der Waals surface area contributed by atoms with Gasteiger partial charge in [0, 0.05) is 32.2 Å². The Morgan fingerprint density at radius 2 is 1.52 bits per heavy atom. The molecule has 1 fully saturated rings. The third-order valence-corrected chi connectivity index (χ3v) is 5.71. The van der Waals surface area contributed by atoms with Gasteiger partial charge in [0.25, 0.3) is 17.7 Å². The molecule has 0 spiro atoms. The third-order valence-electron chi connectivity index (χ3n) is 5.71. The molecule has 4 rings (SSSR count). The predicted octanol–water partition coefficient (Wildman–Crippen LogP) is 1.59. The molecule has 9 heteroatoms. The number of amides is 4. The van der Waals surface area contributed by atoms with Crippen molar-refractivity contribution in [3.05, 3.63) is 52.9 Å². The first-order valence-electron chi connectivity index (χ1n) is 10.3. The van der Waals surface area contributed by atoms with Crippen molar-refractivity contribution in [2.24, 2.45) is 5.92 Å². The third kappa shape index (κ3) is 3.60. The van der Waals surface area contributed by atoms with Crippen molar-refractivity contribution < 1.29 is 23.7 Å². The van der Waals surface area contributed by atoms with Crippen LogP contribution in [0.25, 0.3) is 0 Å². The number of nitrogens with zero attached hydrogens (tertiary/aromatic N) is 4. The van der Waals surface area contributed by atoms with Crippen LogP contribution in [0.3, 0.4) is 0 Å². The van der Waals surface area contributed by atoms with E-state index < -0.39 is 17.9 Å². The summed E-state index contributed by atoms with van der Waals surface area (Å²) in [6.07, 6.45) is 0. The smallest absolute Gasteiger partial charge is 0.292 e. The Bertz CT molecular complexity index is 1020. The van der Waals surface area contributed by atoms with E-state index in [-0.39, 0.29) is 23.5 Å². The summed E-state index contributed by atoms with van der Waals surface area (Å²) in [7, 11) is 0. The maximum absolute atomic E-state index is 13.4. The summed E-state index contributed by atoms with van der Waals surface area (Å²) in [5.74, 6) is -1.53. The van der Waals surface area contributed by atoms with Crippen molar-refractivity contribution in [1.29, 1.82) is 0 Å². The summed E-state index contributed by atoms with van der Waals surface area (Å²) < 4.78 is 5.04. The number of imide groups is 1. The Morgan fingerprint density at radius 1 is 0.968 bits per heavy atom. The van der Waals surface area contributed by atoms with Crippen molar-refractivity contribution in [3.8, 4) is 0 Å². The van der Waals surface area contributed by atoms with E-state index >= 15 is 0 Å². The van der Waals surface area contributed by atoms with Crippen LogP contribution < -0.4 is 0 Å². The van der Waals surface area contributed by atoms with Gasteiger partial charge in [-0.25, -0.2) is 0 Å². The van der Waals surface area contributed by atoms with Gasteiger partial charge >= 0.3 is 0 Å². The topological polar surface area (TPSA) is 104 Å². The lowest BCUT2D eigenvalue weighted by Crippen LogP contribution is -2.58. The van der Waals surface area contributed by atoms with Gasteiger partial charge in [0.2, 0.25) is 11.7 Å². The van der Waals surface area contributed by atoms with Crippen LogP contribution in [0.4, 0.5) is 0 Å². The fourth-order valence-corrected chi connectivity index (χ4v) is 4.09. The second-order valence-electron chi connectivity index (χ2n) is 8.16. The van der Waals surface area contributed by atoms with Crippen molar-refractivity contribution in [2.75, 3.05) is 26.2 Å². The van der Waals surface area contributed by atoms with E-state index in [0.717, 1.165) is 4.90 Å². The molecule has 2 aromatic rings. The molecular formula is C22H24N4O5. The molecular weight excluding hydrogens is 400 g/mol. The van der Waals surface area contributed by atoms with E-state index in [9.17, 15) is 19.2 Å². The Labute approximate surface area is 179 Å². The lowest BCUT2D eigenvalue weighted by molar-refractivity contribution is -0.138. The number of fused-ring (bicyclic) bond motifs is 1. The Hall–Kier alpha value is -3.49. The average molecular weight is 424 g/mol. The summed E-state index contributed by atoms with van der Waals surface area (Å²) in [4.78, 5) is 56.0. The van der Waals surface area contributed by atoms with Gasteiger partial charge in [0.1, 0.15) is 6.04 Å². The molecule has 1 aromatic heterocycles. The molecule has 1 saturated heterocycles. The van der Waals surface area contributed by atoms with Crippen LogP contribution in [0.2, 0.25) is 0 Å². The minimum absolute atomic E-state index is 0.170. The van der Waals surface area contributed by atoms with Gasteiger partial charge in [-0.1, -0.05) is 31.1 Å². The number of rotatable bonds is 4. The molecule has 4 amide bonds. The number of carbonyl (C=O) groups is 4. The van der Waals surface area contributed by atoms with Gasteiger partial charge in [-0.3, -0.25) is 24.1 Å². The quantitative estimate of drug-likeness (QED) is 0.691. The SMILES string of the molecule is Cc1cc(C(=O)N2CCN(C(=O)C(C(C)C)N3C(=O)c4ccccc4C3=O)CC2)on1. The van der Waals surface area contributed by atoms with Crippen molar-refractivity contribution >= 4 is 23.6 Å². The molecule has 0 radical (unpaired) electrons. The first kappa shape index (κ1) is 20.8. The summed E-state index contributed by atoms with van der Waals surface area (Å²) in [5.41, 5.74) is 1.27. The Kier molecular flexibility index (Phi) is 5.34. The molecule has 9 nitrogen and oxygen atoms in total. The van der Waals surface area contributed by atoms with Gasteiger partial charge < -0.3 is 14.3 Å². The van der Waals surface area contributed by atoms with Crippen LogP contribution in [-0.4, -0.2) is 75.7 Å². The molecule has 0 N–H and O–H groups in total. The fraction of sp³-hybridized carbons (Fsp3) is 0.409. The van der Waals surface area contributed by atoms with E-state index in [1.807, 2.05) is 13.8 Å². The lowest BCUT2D eigenvalue weighted by atomic mass is 10.0. The molecule has 0 bridgehead atoms. The van der Waals surface area contributed by atoms with E-state index in [2.05, 4.69) is 5.16 Å². The van der Waals surface area contributed by atoms with Crippen LogP contribution in [0.15, 0.2) is 34.9 Å². The highest BCUT2D eigenvalue weighted by Gasteiger charge is 2.45. The first-order chi connectivity index (χ1) is 14.8. The second-order valence-corrected chi connectivity index (χ2v) is 8.16. The molecule has 1 aromatic carbocycles. The van der Waals surface area contributed by atoms with Gasteiger partial charge in [-0.15, -0.1) is 0 Å². The normalized spacial score (nSPS) is 17.4. The minimum atomic E-state index is -0.897. The van der Waals surface area contributed by atoms with Crippen molar-refractivity contribution in [3.63, 3.8) is 0 Å². The zero-order chi connectivity index (χ0) is 22.3. The summed E-state index contributed by atoms with van der Waals surface area (Å²) in [5, 5.41) is 3.74. The lowest BCUT2D eigenvalue weighted by Gasteiger charge is -2.38. The number of hydrogen-bond acceptors (Lipinski definition) is 6. The van der Waals surface area contributed by atoms with E-state index in [4.69, 9.17) is 4.52 Å². The van der Waals surface area contributed by atoms with Crippen LogP contribution in [0.5, 0.6) is 0 Å². The zero-order valence-electron chi connectivity index (χ0n) is 17.7. The fourth-order valence-electron chi connectivity index (χ4n) is 4.09. The van der Waals surface area contributed by atoms with E-state index in [1.54, 1.807) is 47.1 Å². The summed E-state index contributed by atoms with van der Waals surface area (Å²) >= 11 is 0. The zero-order valence-corrected chi connectivity index (χ0v) is 17.7. The minimum Gasteiger partial charge on any atom is -0.351 e. The first-order valence-corrected chi connectivity index (χ1v) is 10.3. The predicted molar refractivity (Wildman–Crippen MR) is 109 cm³/mol. The highest BCUT2D eigenvalue weighted by atomic mass is 16.5. The highest BCUT2D eigenvalue weighted by Crippen LogP contribution is 2.28. The molecule has 3 heterocycles. The van der Waals surface area contributed by atoms with Gasteiger partial charge in [0.05, 0.1) is 16.8 Å². The maximum atomic E-state index is 13.4. The van der Waals surface area contributed by atoms with Gasteiger partial charge in [-0.05, 0) is 25.0 Å². The molecule has 31 heavy (non-hydrogen) atoms. The van der Waals surface area contributed by atoms with E-state index in [0.29, 0.717) is 43.0 Å². The number of benzene rings is 1. The van der Waals surface area contributed by atoms with Crippen LogP contribution >= 0.6 is 0 Å². The highest BCUT2D eigenvalue weighted by molar-refractivity contribution is 6.22. The molecule has 162 valence electrons. The number of aromatic nitrogens is 1. The molecule has 1 atom stereocenters. The molecule has 0 aliphatic carbocycles. The molecule has 1 unspecified atom stereocenters. The largest absolute Gasteiger partial charge is 0.351 e. The number of aryl methyl sites for hydroxylation is 1. The molecule has 2 aliphatic rings. The number of piperazine rings is 1. The molecule has 0 saturated carbocycles. The second kappa shape index (κ2) is 7.98. The Balaban J connectivity index is 1.47. The maximum Gasteiger partial charge on any atom is 0.292 e. The van der Waals surface area contributed by atoms with Gasteiger partial charge in [-0.2, -0.15) is 0 Å². The van der Waals surface area contributed by atoms with Crippen molar-refractivity contribution in [2.45, 2.75) is 26.8 Å². The summed E-state index contributed by atoms with van der Waals surface area (Å²) in [6, 6.07) is 7.29. The van der Waals surface area contributed by atoms with Crippen LogP contribution in [0, 0.1) is 12.8 Å². The monoisotopic (exact) mass is 424 g/mol. The van der Waals surface area contributed by atoms with Gasteiger partial charge in [0.15, 0.2) is 0 Å². The van der Waals surface area contributed by atoms with Crippen LogP contribution in [0.1, 0.15) is 50.8 Å². The average Bonchev–Trinajstić information content (AvgIpc) is 3.30.